The van der Waals surface area contributed by atoms with Crippen molar-refractivity contribution in [2.75, 3.05) is 6.61 Å². The Morgan fingerprint density at radius 1 is 1.39 bits per heavy atom. The van der Waals surface area contributed by atoms with E-state index in [-0.39, 0.29) is 13.2 Å². The highest BCUT2D eigenvalue weighted by Gasteiger charge is 2.10. The molecular weight excluding hydrogens is 254 g/mol. The fourth-order valence-corrected chi connectivity index (χ4v) is 1.78. The van der Waals surface area contributed by atoms with Crippen LogP contribution < -0.4 is 4.74 Å². The molecule has 1 aromatic carbocycles. The molecule has 0 aliphatic carbocycles. The smallest absolute Gasteiger partial charge is 0.232 e. The first kappa shape index (κ1) is 12.9. The Bertz CT molecular complexity index is 525. The van der Waals surface area contributed by atoms with Crippen LogP contribution in [-0.2, 0) is 13.0 Å². The lowest BCUT2D eigenvalue weighted by atomic mass is 10.3. The molecule has 0 unspecified atom stereocenters. The zero-order valence-electron chi connectivity index (χ0n) is 10.0. The third-order valence-corrected chi connectivity index (χ3v) is 2.79. The van der Waals surface area contributed by atoms with E-state index in [9.17, 15) is 0 Å². The SMILES string of the molecule is Cc1oc(COc2ccccc2Cl)nc1CCO. The van der Waals surface area contributed by atoms with E-state index in [0.717, 1.165) is 5.69 Å². The van der Waals surface area contributed by atoms with E-state index in [2.05, 4.69) is 4.98 Å². The molecule has 1 aromatic heterocycles. The summed E-state index contributed by atoms with van der Waals surface area (Å²) in [6, 6.07) is 7.23. The number of aromatic nitrogens is 1. The first-order chi connectivity index (χ1) is 8.70. The maximum absolute atomic E-state index is 8.87. The maximum atomic E-state index is 8.87. The molecule has 0 bridgehead atoms. The van der Waals surface area contributed by atoms with Crippen LogP contribution in [0, 0.1) is 6.92 Å². The van der Waals surface area contributed by atoms with Gasteiger partial charge < -0.3 is 14.3 Å². The summed E-state index contributed by atoms with van der Waals surface area (Å²) in [4.78, 5) is 4.25. The van der Waals surface area contributed by atoms with Gasteiger partial charge in [-0.25, -0.2) is 4.98 Å². The van der Waals surface area contributed by atoms with Gasteiger partial charge in [-0.1, -0.05) is 23.7 Å². The van der Waals surface area contributed by atoms with Crippen molar-refractivity contribution in [3.8, 4) is 5.75 Å². The minimum Gasteiger partial charge on any atom is -0.482 e. The standard InChI is InChI=1S/C13H14ClNO3/c1-9-11(6-7-16)15-13(18-9)8-17-12-5-3-2-4-10(12)14/h2-5,16H,6-8H2,1H3. The summed E-state index contributed by atoms with van der Waals surface area (Å²) in [5.74, 6) is 1.79. The van der Waals surface area contributed by atoms with Gasteiger partial charge in [0.2, 0.25) is 5.89 Å². The lowest BCUT2D eigenvalue weighted by Gasteiger charge is -2.04. The van der Waals surface area contributed by atoms with Gasteiger partial charge in [0.25, 0.3) is 0 Å². The van der Waals surface area contributed by atoms with Crippen molar-refractivity contribution < 1.29 is 14.3 Å². The van der Waals surface area contributed by atoms with Crippen molar-refractivity contribution in [1.82, 2.24) is 4.98 Å². The quantitative estimate of drug-likeness (QED) is 0.905. The van der Waals surface area contributed by atoms with E-state index in [1.165, 1.54) is 0 Å². The van der Waals surface area contributed by atoms with Crippen LogP contribution in [0.3, 0.4) is 0 Å². The van der Waals surface area contributed by atoms with Gasteiger partial charge in [0, 0.05) is 13.0 Å². The number of oxazole rings is 1. The Balaban J connectivity index is 2.02. The van der Waals surface area contributed by atoms with Gasteiger partial charge in [-0.05, 0) is 19.1 Å². The van der Waals surface area contributed by atoms with Crippen LogP contribution in [0.5, 0.6) is 5.75 Å². The Morgan fingerprint density at radius 2 is 2.17 bits per heavy atom. The highest BCUT2D eigenvalue weighted by atomic mass is 35.5. The molecule has 18 heavy (non-hydrogen) atoms. The molecule has 0 spiro atoms. The Hall–Kier alpha value is -1.52. The predicted molar refractivity (Wildman–Crippen MR) is 67.8 cm³/mol. The second kappa shape index (κ2) is 5.89. The monoisotopic (exact) mass is 267 g/mol. The van der Waals surface area contributed by atoms with Crippen molar-refractivity contribution >= 4 is 11.6 Å². The van der Waals surface area contributed by atoms with E-state index in [0.29, 0.717) is 28.8 Å². The van der Waals surface area contributed by atoms with Gasteiger partial charge in [-0.15, -0.1) is 0 Å². The number of halogens is 1. The molecule has 0 aliphatic heterocycles. The summed E-state index contributed by atoms with van der Waals surface area (Å²) in [6.45, 7) is 2.09. The van der Waals surface area contributed by atoms with Crippen LogP contribution >= 0.6 is 11.6 Å². The molecule has 0 aliphatic rings. The normalized spacial score (nSPS) is 10.6. The van der Waals surface area contributed by atoms with Gasteiger partial charge in [0.05, 0.1) is 10.7 Å². The number of rotatable bonds is 5. The molecule has 96 valence electrons. The number of aliphatic hydroxyl groups excluding tert-OH is 1. The second-order valence-corrected chi connectivity index (χ2v) is 4.21. The highest BCUT2D eigenvalue weighted by molar-refractivity contribution is 6.32. The molecule has 2 rings (SSSR count). The first-order valence-corrected chi connectivity index (χ1v) is 6.02. The number of benzene rings is 1. The van der Waals surface area contributed by atoms with E-state index in [1.54, 1.807) is 12.1 Å². The number of aliphatic hydroxyl groups is 1. The third-order valence-electron chi connectivity index (χ3n) is 2.47. The third kappa shape index (κ3) is 3.03. The van der Waals surface area contributed by atoms with Crippen LogP contribution in [0.1, 0.15) is 17.3 Å². The average molecular weight is 268 g/mol. The van der Waals surface area contributed by atoms with Crippen LogP contribution in [0.25, 0.3) is 0 Å². The molecule has 1 heterocycles. The molecule has 4 nitrogen and oxygen atoms in total. The number of para-hydroxylation sites is 1. The summed E-state index contributed by atoms with van der Waals surface area (Å²) in [7, 11) is 0. The topological polar surface area (TPSA) is 55.5 Å². The fraction of sp³-hybridized carbons (Fsp3) is 0.308. The van der Waals surface area contributed by atoms with Gasteiger partial charge in [0.15, 0.2) is 6.61 Å². The molecule has 5 heteroatoms. The van der Waals surface area contributed by atoms with Gasteiger partial charge in [-0.2, -0.15) is 0 Å². The van der Waals surface area contributed by atoms with Crippen LogP contribution in [0.15, 0.2) is 28.7 Å². The first-order valence-electron chi connectivity index (χ1n) is 5.64. The Kier molecular flexibility index (Phi) is 4.23. The number of hydrogen-bond donors (Lipinski definition) is 1. The molecule has 0 radical (unpaired) electrons. The molecule has 0 saturated carbocycles. The molecule has 0 amide bonds. The summed E-state index contributed by atoms with van der Waals surface area (Å²) in [6.07, 6.45) is 0.488. The predicted octanol–water partition coefficient (Wildman–Crippen LogP) is 2.75. The average Bonchev–Trinajstić information content (AvgIpc) is 2.70. The highest BCUT2D eigenvalue weighted by Crippen LogP contribution is 2.24. The molecule has 0 fully saturated rings. The molecule has 0 atom stereocenters. The summed E-state index contributed by atoms with van der Waals surface area (Å²) in [5.41, 5.74) is 0.759. The van der Waals surface area contributed by atoms with Crippen molar-refractivity contribution in [2.24, 2.45) is 0 Å². The number of aryl methyl sites for hydroxylation is 1. The van der Waals surface area contributed by atoms with Crippen molar-refractivity contribution in [3.05, 3.63) is 46.6 Å². The summed E-state index contributed by atoms with van der Waals surface area (Å²) >= 11 is 5.97. The van der Waals surface area contributed by atoms with Gasteiger partial charge in [-0.3, -0.25) is 0 Å². The number of ether oxygens (including phenoxy) is 1. The fourth-order valence-electron chi connectivity index (χ4n) is 1.59. The Labute approximate surface area is 110 Å². The molecular formula is C13H14ClNO3. The number of hydrogen-bond acceptors (Lipinski definition) is 4. The van der Waals surface area contributed by atoms with Crippen LogP contribution in [-0.4, -0.2) is 16.7 Å². The zero-order valence-corrected chi connectivity index (χ0v) is 10.8. The summed E-state index contributed by atoms with van der Waals surface area (Å²) < 4.78 is 11.0. The van der Waals surface area contributed by atoms with Crippen molar-refractivity contribution in [3.63, 3.8) is 0 Å². The van der Waals surface area contributed by atoms with E-state index in [1.807, 2.05) is 19.1 Å². The van der Waals surface area contributed by atoms with Crippen LogP contribution in [0.4, 0.5) is 0 Å². The zero-order chi connectivity index (χ0) is 13.0. The van der Waals surface area contributed by atoms with Gasteiger partial charge >= 0.3 is 0 Å². The Morgan fingerprint density at radius 3 is 2.89 bits per heavy atom. The summed E-state index contributed by atoms with van der Waals surface area (Å²) in [5, 5.41) is 9.42. The second-order valence-electron chi connectivity index (χ2n) is 3.80. The lowest BCUT2D eigenvalue weighted by molar-refractivity contribution is 0.260. The van der Waals surface area contributed by atoms with Crippen molar-refractivity contribution in [1.29, 1.82) is 0 Å². The van der Waals surface area contributed by atoms with Crippen molar-refractivity contribution in [2.45, 2.75) is 20.0 Å². The van der Waals surface area contributed by atoms with Gasteiger partial charge in [0.1, 0.15) is 11.5 Å². The van der Waals surface area contributed by atoms with E-state index in [4.69, 9.17) is 25.9 Å². The minimum atomic E-state index is 0.0538. The largest absolute Gasteiger partial charge is 0.482 e. The molecule has 0 saturated heterocycles. The van der Waals surface area contributed by atoms with E-state index < -0.39 is 0 Å². The molecule has 1 N–H and O–H groups in total. The maximum Gasteiger partial charge on any atom is 0.232 e. The molecule has 2 aromatic rings. The van der Waals surface area contributed by atoms with Crippen LogP contribution in [0.2, 0.25) is 5.02 Å². The minimum absolute atomic E-state index is 0.0538. The lowest BCUT2D eigenvalue weighted by Crippen LogP contribution is -1.97. The number of nitrogens with zero attached hydrogens (tertiary/aromatic N) is 1. The van der Waals surface area contributed by atoms with E-state index >= 15 is 0 Å².